The van der Waals surface area contributed by atoms with Crippen LogP contribution in [0.15, 0.2) is 65.1 Å². The molecular formula is C26H19BrF3N3O. The van der Waals surface area contributed by atoms with E-state index in [0.717, 1.165) is 52.9 Å². The minimum Gasteiger partial charge on any atom is -0.324 e. The molecule has 1 heterocycles. The molecule has 4 aromatic rings. The highest BCUT2D eigenvalue weighted by atomic mass is 79.9. The lowest BCUT2D eigenvalue weighted by Crippen LogP contribution is -2.11. The average Bonchev–Trinajstić information content (AvgIpc) is 3.19. The van der Waals surface area contributed by atoms with Gasteiger partial charge in [-0.2, -0.15) is 18.4 Å². The van der Waals surface area contributed by atoms with Crippen molar-refractivity contribution in [1.29, 1.82) is 5.26 Å². The maximum Gasteiger partial charge on any atom is 0.417 e. The molecule has 0 aliphatic carbocycles. The van der Waals surface area contributed by atoms with Gasteiger partial charge in [0, 0.05) is 27.7 Å². The SMILES string of the molecule is CCCCn1c(-c2cccc(Br)c2)nc2cc(C(=O)c3ccc(C#N)c(C(F)(F)F)c3)ccc21. The summed E-state index contributed by atoms with van der Waals surface area (Å²) in [6, 6.07) is 17.3. The van der Waals surface area contributed by atoms with Gasteiger partial charge in [0.1, 0.15) is 5.82 Å². The van der Waals surface area contributed by atoms with E-state index in [2.05, 4.69) is 27.4 Å². The molecule has 0 fully saturated rings. The summed E-state index contributed by atoms with van der Waals surface area (Å²) in [5.41, 5.74) is 0.791. The molecule has 1 aromatic heterocycles. The van der Waals surface area contributed by atoms with Gasteiger partial charge in [-0.05, 0) is 55.0 Å². The minimum atomic E-state index is -4.73. The van der Waals surface area contributed by atoms with Gasteiger partial charge in [-0.1, -0.05) is 41.4 Å². The fourth-order valence-corrected chi connectivity index (χ4v) is 4.24. The Morgan fingerprint density at radius 3 is 2.50 bits per heavy atom. The zero-order chi connectivity index (χ0) is 24.5. The van der Waals surface area contributed by atoms with Crippen LogP contribution in [-0.2, 0) is 12.7 Å². The van der Waals surface area contributed by atoms with E-state index in [-0.39, 0.29) is 11.1 Å². The first-order valence-corrected chi connectivity index (χ1v) is 11.4. The smallest absolute Gasteiger partial charge is 0.324 e. The van der Waals surface area contributed by atoms with E-state index in [1.54, 1.807) is 18.2 Å². The Morgan fingerprint density at radius 1 is 1.09 bits per heavy atom. The van der Waals surface area contributed by atoms with Gasteiger partial charge in [0.2, 0.25) is 0 Å². The molecule has 3 aromatic carbocycles. The third-order valence-corrected chi connectivity index (χ3v) is 6.03. The number of nitriles is 1. The van der Waals surface area contributed by atoms with Crippen LogP contribution in [0.2, 0.25) is 0 Å². The first kappa shape index (κ1) is 23.7. The molecule has 0 saturated carbocycles. The van der Waals surface area contributed by atoms with Gasteiger partial charge in [0.15, 0.2) is 5.78 Å². The lowest BCUT2D eigenvalue weighted by atomic mass is 9.98. The number of hydrogen-bond donors (Lipinski definition) is 0. The second kappa shape index (κ2) is 9.43. The van der Waals surface area contributed by atoms with Crippen molar-refractivity contribution in [1.82, 2.24) is 9.55 Å². The van der Waals surface area contributed by atoms with Crippen LogP contribution in [0.3, 0.4) is 0 Å². The third-order valence-electron chi connectivity index (χ3n) is 5.54. The molecule has 4 nitrogen and oxygen atoms in total. The highest BCUT2D eigenvalue weighted by Crippen LogP contribution is 2.33. The Hall–Kier alpha value is -3.44. The van der Waals surface area contributed by atoms with Gasteiger partial charge >= 0.3 is 6.18 Å². The second-order valence-corrected chi connectivity index (χ2v) is 8.77. The van der Waals surface area contributed by atoms with Crippen molar-refractivity contribution in [2.75, 3.05) is 0 Å². The Kier molecular flexibility index (Phi) is 6.58. The monoisotopic (exact) mass is 525 g/mol. The van der Waals surface area contributed by atoms with Gasteiger partial charge in [0.25, 0.3) is 0 Å². The normalized spacial score (nSPS) is 11.5. The van der Waals surface area contributed by atoms with E-state index in [1.165, 1.54) is 12.1 Å². The van der Waals surface area contributed by atoms with Gasteiger partial charge in [-0.3, -0.25) is 4.79 Å². The summed E-state index contributed by atoms with van der Waals surface area (Å²) in [6.07, 6.45) is -2.80. The standard InChI is InChI=1S/C26H19BrF3N3O/c1-2-3-11-33-23-10-9-17(14-22(23)32-25(33)18-5-4-6-20(27)12-18)24(34)16-7-8-19(15-31)21(13-16)26(28,29)30/h4-10,12-14H,2-3,11H2,1H3. The molecule has 0 aliphatic rings. The number of rotatable bonds is 6. The number of aromatic nitrogens is 2. The molecule has 4 rings (SSSR count). The summed E-state index contributed by atoms with van der Waals surface area (Å²) in [7, 11) is 0. The lowest BCUT2D eigenvalue weighted by Gasteiger charge is -2.11. The Balaban J connectivity index is 1.80. The molecule has 0 bridgehead atoms. The summed E-state index contributed by atoms with van der Waals surface area (Å²) in [4.78, 5) is 17.8. The highest BCUT2D eigenvalue weighted by Gasteiger charge is 2.34. The number of ketones is 1. The number of alkyl halides is 3. The van der Waals surface area contributed by atoms with Gasteiger partial charge in [-0.15, -0.1) is 0 Å². The maximum atomic E-state index is 13.3. The summed E-state index contributed by atoms with van der Waals surface area (Å²) >= 11 is 3.49. The van der Waals surface area contributed by atoms with Crippen LogP contribution >= 0.6 is 15.9 Å². The number of hydrogen-bond acceptors (Lipinski definition) is 3. The van der Waals surface area contributed by atoms with E-state index in [0.29, 0.717) is 5.52 Å². The molecule has 0 saturated heterocycles. The van der Waals surface area contributed by atoms with Crippen LogP contribution in [0.1, 0.15) is 46.8 Å². The Bertz CT molecular complexity index is 1430. The molecule has 0 aliphatic heterocycles. The molecule has 8 heteroatoms. The molecule has 0 spiro atoms. The van der Waals surface area contributed by atoms with Gasteiger partial charge < -0.3 is 4.57 Å². The molecule has 0 atom stereocenters. The topological polar surface area (TPSA) is 58.7 Å². The minimum absolute atomic E-state index is 0.136. The zero-order valence-electron chi connectivity index (χ0n) is 18.2. The van der Waals surface area contributed by atoms with E-state index in [1.807, 2.05) is 24.3 Å². The van der Waals surface area contributed by atoms with Crippen molar-refractivity contribution < 1.29 is 18.0 Å². The summed E-state index contributed by atoms with van der Waals surface area (Å²) in [5.74, 6) is 0.191. The Morgan fingerprint density at radius 2 is 1.82 bits per heavy atom. The first-order chi connectivity index (χ1) is 16.2. The number of aryl methyl sites for hydroxylation is 1. The predicted molar refractivity (Wildman–Crippen MR) is 127 cm³/mol. The number of carbonyl (C=O) groups is 1. The van der Waals surface area contributed by atoms with Crippen molar-refractivity contribution >= 4 is 32.7 Å². The van der Waals surface area contributed by atoms with Crippen LogP contribution in [0.25, 0.3) is 22.4 Å². The summed E-state index contributed by atoms with van der Waals surface area (Å²) in [6.45, 7) is 2.84. The number of halogens is 4. The fourth-order valence-electron chi connectivity index (χ4n) is 3.85. The number of benzene rings is 3. The maximum absolute atomic E-state index is 13.3. The summed E-state index contributed by atoms with van der Waals surface area (Å²) in [5, 5.41) is 9.00. The quantitative estimate of drug-likeness (QED) is 0.246. The number of fused-ring (bicyclic) bond motifs is 1. The van der Waals surface area contributed by atoms with Gasteiger partial charge in [-0.25, -0.2) is 4.98 Å². The van der Waals surface area contributed by atoms with E-state index in [9.17, 15) is 18.0 Å². The van der Waals surface area contributed by atoms with Crippen LogP contribution in [-0.4, -0.2) is 15.3 Å². The molecular weight excluding hydrogens is 507 g/mol. The van der Waals surface area contributed by atoms with Crippen LogP contribution < -0.4 is 0 Å². The number of unbranched alkanes of at least 4 members (excludes halogenated alkanes) is 1. The third kappa shape index (κ3) is 4.62. The van der Waals surface area contributed by atoms with E-state index in [4.69, 9.17) is 10.2 Å². The Labute approximate surface area is 202 Å². The largest absolute Gasteiger partial charge is 0.417 e. The van der Waals surface area contributed by atoms with E-state index < -0.39 is 23.1 Å². The molecule has 34 heavy (non-hydrogen) atoms. The molecule has 172 valence electrons. The number of imidazole rings is 1. The first-order valence-electron chi connectivity index (χ1n) is 10.6. The van der Waals surface area contributed by atoms with Crippen LogP contribution in [0.5, 0.6) is 0 Å². The van der Waals surface area contributed by atoms with Crippen molar-refractivity contribution in [3.63, 3.8) is 0 Å². The number of carbonyl (C=O) groups excluding carboxylic acids is 1. The van der Waals surface area contributed by atoms with Crippen molar-refractivity contribution in [2.24, 2.45) is 0 Å². The highest BCUT2D eigenvalue weighted by molar-refractivity contribution is 9.10. The zero-order valence-corrected chi connectivity index (χ0v) is 19.7. The van der Waals surface area contributed by atoms with Crippen molar-refractivity contribution in [2.45, 2.75) is 32.5 Å². The molecule has 0 N–H and O–H groups in total. The average molecular weight is 526 g/mol. The van der Waals surface area contributed by atoms with E-state index >= 15 is 0 Å². The van der Waals surface area contributed by atoms with Crippen LogP contribution in [0.4, 0.5) is 13.2 Å². The van der Waals surface area contributed by atoms with Crippen LogP contribution in [0, 0.1) is 11.3 Å². The molecule has 0 radical (unpaired) electrons. The predicted octanol–water partition coefficient (Wildman–Crippen LogP) is 7.39. The summed E-state index contributed by atoms with van der Waals surface area (Å²) < 4.78 is 43.1. The van der Waals surface area contributed by atoms with Crippen molar-refractivity contribution in [3.05, 3.63) is 87.4 Å². The molecule has 0 amide bonds. The lowest BCUT2D eigenvalue weighted by molar-refractivity contribution is -0.137. The van der Waals surface area contributed by atoms with Gasteiger partial charge in [0.05, 0.1) is 28.2 Å². The van der Waals surface area contributed by atoms with Crippen molar-refractivity contribution in [3.8, 4) is 17.5 Å². The molecule has 0 unspecified atom stereocenters. The number of nitrogens with zero attached hydrogens (tertiary/aromatic N) is 3. The fraction of sp³-hybridized carbons (Fsp3) is 0.192. The second-order valence-electron chi connectivity index (χ2n) is 7.85.